The van der Waals surface area contributed by atoms with Crippen molar-refractivity contribution in [2.75, 3.05) is 39.6 Å². The van der Waals surface area contributed by atoms with Gasteiger partial charge in [0.25, 0.3) is 0 Å². The van der Waals surface area contributed by atoms with Gasteiger partial charge in [0, 0.05) is 32.9 Å². The monoisotopic (exact) mass is 1500 g/mol. The lowest BCUT2D eigenvalue weighted by molar-refractivity contribution is -0.423. The van der Waals surface area contributed by atoms with Crippen LogP contribution in [0.5, 0.6) is 11.5 Å². The molecule has 9 rings (SSSR count). The molecule has 29 atom stereocenters. The molecule has 3 aromatic carbocycles. The predicted octanol–water partition coefficient (Wildman–Crippen LogP) is -5.91. The topological polar surface area (TPSA) is 563 Å². The van der Waals surface area contributed by atoms with E-state index in [2.05, 4.69) is 0 Å². The molecular weight excluding hydrogens is 1410 g/mol. The smallest absolute Gasteiger partial charge is 0.338 e. The van der Waals surface area contributed by atoms with Crippen LogP contribution in [-0.4, -0.2) is 330 Å². The van der Waals surface area contributed by atoms with Crippen molar-refractivity contribution in [2.24, 2.45) is 0 Å². The van der Waals surface area contributed by atoms with Gasteiger partial charge in [-0.25, -0.2) is 14.4 Å². The van der Waals surface area contributed by atoms with E-state index in [0.717, 1.165) is 32.9 Å². The normalized spacial score (nSPS) is 37.8. The van der Waals surface area contributed by atoms with E-state index in [1.165, 1.54) is 97.9 Å². The largest absolute Gasteiger partial charge is 0.508 e. The van der Waals surface area contributed by atoms with E-state index in [-0.39, 0.29) is 22.6 Å². The average molecular weight is 1500 g/mol. The molecule has 580 valence electrons. The first kappa shape index (κ1) is 81.7. The Bertz CT molecular complexity index is 3410. The molecule has 38 heteroatoms. The van der Waals surface area contributed by atoms with Crippen molar-refractivity contribution in [1.29, 1.82) is 0 Å². The van der Waals surface area contributed by atoms with Gasteiger partial charge >= 0.3 is 35.8 Å². The SMILES string of the molecule is CC(=O)OCC1OC(OC2C(OC(=O)C=Cc3ccc(OC4OC(C)C(O)C(O)C4O)cc3)C(COC(C)=O)OC(OC3(COC(=O)C=Cc4ccc(O)cc4)OC(CO)C(O)C3OC(=O)c3ccccc3)C2OC2OC(CO)C(O)C(O)C2O)C(O)C(OC2OC(CO)C(O)C(O)C2O)C1OC(C)=O. The Balaban J connectivity index is 1.20. The fourth-order valence-electron chi connectivity index (χ4n) is 12.0. The molecule has 0 saturated carbocycles. The highest BCUT2D eigenvalue weighted by molar-refractivity contribution is 5.90. The number of aromatic hydroxyl groups is 1. The first-order chi connectivity index (χ1) is 49.9. The molecule has 0 amide bonds. The zero-order valence-electron chi connectivity index (χ0n) is 56.3. The second-order valence-corrected chi connectivity index (χ2v) is 25.0. The minimum Gasteiger partial charge on any atom is -0.508 e. The molecule has 6 fully saturated rings. The molecule has 15 N–H and O–H groups in total. The number of hydrogen-bond donors (Lipinski definition) is 15. The van der Waals surface area contributed by atoms with Crippen LogP contribution in [0.1, 0.15) is 49.2 Å². The van der Waals surface area contributed by atoms with Crippen molar-refractivity contribution in [2.45, 2.75) is 205 Å². The summed E-state index contributed by atoms with van der Waals surface area (Å²) >= 11 is 0. The van der Waals surface area contributed by atoms with Crippen LogP contribution in [0.4, 0.5) is 0 Å². The fraction of sp³-hybridized carbons (Fsp3) is 0.582. The Labute approximate surface area is 596 Å². The average Bonchev–Trinajstić information content (AvgIpc) is 1.69. The van der Waals surface area contributed by atoms with Gasteiger partial charge in [0.05, 0.1) is 31.5 Å². The number of carbonyl (C=O) groups excluding carboxylic acids is 6. The molecule has 0 radical (unpaired) electrons. The van der Waals surface area contributed by atoms with Gasteiger partial charge in [-0.1, -0.05) is 42.5 Å². The molecule has 6 aliphatic heterocycles. The number of esters is 6. The lowest BCUT2D eigenvalue weighted by Crippen LogP contribution is -2.70. The van der Waals surface area contributed by atoms with Gasteiger partial charge in [-0.3, -0.25) is 14.4 Å². The third-order valence-corrected chi connectivity index (χ3v) is 17.5. The number of phenols is 1. The number of ether oxygens (including phenoxy) is 17. The summed E-state index contributed by atoms with van der Waals surface area (Å²) in [6.07, 6.45) is -54.0. The molecule has 6 aliphatic rings. The third-order valence-electron chi connectivity index (χ3n) is 17.5. The van der Waals surface area contributed by atoms with E-state index in [1.807, 2.05) is 0 Å². The summed E-state index contributed by atoms with van der Waals surface area (Å²) in [5, 5.41) is 164. The van der Waals surface area contributed by atoms with E-state index in [4.69, 9.17) is 80.5 Å². The van der Waals surface area contributed by atoms with E-state index >= 15 is 0 Å². The van der Waals surface area contributed by atoms with Crippen LogP contribution in [0.15, 0.2) is 91.0 Å². The molecule has 0 aromatic heterocycles. The number of aliphatic hydroxyl groups excluding tert-OH is 14. The van der Waals surface area contributed by atoms with Crippen molar-refractivity contribution < 1.29 is 186 Å². The Morgan fingerprint density at radius 1 is 0.438 bits per heavy atom. The molecule has 6 saturated heterocycles. The number of aliphatic hydroxyl groups is 14. The van der Waals surface area contributed by atoms with Crippen LogP contribution in [0.3, 0.4) is 0 Å². The maximum Gasteiger partial charge on any atom is 0.338 e. The summed E-state index contributed by atoms with van der Waals surface area (Å²) in [6.45, 7) is -2.43. The van der Waals surface area contributed by atoms with Crippen LogP contribution in [0, 0.1) is 0 Å². The minimum absolute atomic E-state index is 0.0547. The molecular formula is C67H84O38. The van der Waals surface area contributed by atoms with Gasteiger partial charge in [0.2, 0.25) is 12.1 Å². The van der Waals surface area contributed by atoms with Crippen molar-refractivity contribution in [3.63, 3.8) is 0 Å². The predicted molar refractivity (Wildman–Crippen MR) is 338 cm³/mol. The number of hydrogen-bond acceptors (Lipinski definition) is 38. The molecule has 29 unspecified atom stereocenters. The van der Waals surface area contributed by atoms with Crippen LogP contribution in [-0.2, 0) is 99.8 Å². The summed E-state index contributed by atoms with van der Waals surface area (Å²) in [5.41, 5.74) is 0.372. The fourth-order valence-corrected chi connectivity index (χ4v) is 12.0. The lowest BCUT2D eigenvalue weighted by Gasteiger charge is -2.51. The molecule has 38 nitrogen and oxygen atoms in total. The Morgan fingerprint density at radius 2 is 0.914 bits per heavy atom. The zero-order valence-corrected chi connectivity index (χ0v) is 56.3. The second-order valence-electron chi connectivity index (χ2n) is 25.0. The molecule has 105 heavy (non-hydrogen) atoms. The first-order valence-electron chi connectivity index (χ1n) is 32.8. The highest BCUT2D eigenvalue weighted by Gasteiger charge is 2.65. The van der Waals surface area contributed by atoms with Crippen molar-refractivity contribution in [3.8, 4) is 11.5 Å². The minimum atomic E-state index is -3.06. The Morgan fingerprint density at radius 3 is 1.46 bits per heavy atom. The first-order valence-corrected chi connectivity index (χ1v) is 32.8. The van der Waals surface area contributed by atoms with Crippen LogP contribution < -0.4 is 4.74 Å². The molecule has 0 bridgehead atoms. The lowest BCUT2D eigenvalue weighted by atomic mass is 9.95. The summed E-state index contributed by atoms with van der Waals surface area (Å²) < 4.78 is 102. The Hall–Kier alpha value is -7.40. The number of carbonyl (C=O) groups is 6. The zero-order chi connectivity index (χ0) is 76.3. The van der Waals surface area contributed by atoms with E-state index in [0.29, 0.717) is 5.56 Å². The number of benzene rings is 3. The quantitative estimate of drug-likeness (QED) is 0.0192. The Kier molecular flexibility index (Phi) is 28.4. The summed E-state index contributed by atoms with van der Waals surface area (Å²) in [6, 6.07) is 17.9. The summed E-state index contributed by atoms with van der Waals surface area (Å²) in [7, 11) is 0. The molecule has 3 aromatic rings. The molecule has 0 aliphatic carbocycles. The highest BCUT2D eigenvalue weighted by atomic mass is 16.8. The maximum absolute atomic E-state index is 14.7. The van der Waals surface area contributed by atoms with Crippen LogP contribution >= 0.6 is 0 Å². The molecule has 6 heterocycles. The van der Waals surface area contributed by atoms with Gasteiger partial charge in [0.1, 0.15) is 147 Å². The van der Waals surface area contributed by atoms with E-state index in [9.17, 15) is 105 Å². The van der Waals surface area contributed by atoms with Crippen molar-refractivity contribution in [3.05, 3.63) is 108 Å². The van der Waals surface area contributed by atoms with Gasteiger partial charge in [-0.05, 0) is 66.6 Å². The van der Waals surface area contributed by atoms with E-state index < -0.39 is 253 Å². The molecule has 0 spiro atoms. The van der Waals surface area contributed by atoms with Crippen molar-refractivity contribution in [1.82, 2.24) is 0 Å². The maximum atomic E-state index is 14.7. The highest BCUT2D eigenvalue weighted by Crippen LogP contribution is 2.43. The third kappa shape index (κ3) is 19.9. The number of phenolic OH excluding ortho intramolecular Hbond substituents is 1. The number of rotatable bonds is 27. The van der Waals surface area contributed by atoms with Gasteiger partial charge < -0.3 is 157 Å². The van der Waals surface area contributed by atoms with Gasteiger partial charge in [-0.15, -0.1) is 0 Å². The van der Waals surface area contributed by atoms with Gasteiger partial charge in [-0.2, -0.15) is 0 Å². The summed E-state index contributed by atoms with van der Waals surface area (Å²) in [5.74, 6) is -10.2. The summed E-state index contributed by atoms with van der Waals surface area (Å²) in [4.78, 5) is 81.5. The second kappa shape index (κ2) is 36.5. The van der Waals surface area contributed by atoms with Gasteiger partial charge in [0.15, 0.2) is 43.5 Å². The van der Waals surface area contributed by atoms with Crippen LogP contribution in [0.2, 0.25) is 0 Å². The van der Waals surface area contributed by atoms with E-state index in [1.54, 1.807) is 0 Å². The standard InChI is InChI=1S/C67H84O38/c1-28-44(77)48(81)51(84)62(92-28)94-36-18-12-33(13-19-36)15-21-43(76)99-56-41(26-90-30(3)72)98-66(105-67(27-91-42(75)20-14-32-10-16-35(74)17-11-32)60(47(80)39(24-70)104-67)103-61(88)34-8-6-5-7-9-34)59(102-64-53(86)50(83)46(79)38(23-69)96-64)58(56)101-65-54(87)57(55(93-31(4)73)40(97-65)25-89-29(2)71)100-63-52(85)49(82)45(78)37(22-68)95-63/h5-21,28,37-41,44-60,62-66,68-70,74,77-87H,22-27H2,1-4H3. The van der Waals surface area contributed by atoms with Crippen molar-refractivity contribution >= 4 is 48.0 Å². The van der Waals surface area contributed by atoms with Crippen LogP contribution in [0.25, 0.3) is 12.2 Å².